The summed E-state index contributed by atoms with van der Waals surface area (Å²) in [5, 5.41) is 6.66. The van der Waals surface area contributed by atoms with E-state index in [2.05, 4.69) is 34.7 Å². The molecule has 1 atom stereocenters. The lowest BCUT2D eigenvalue weighted by atomic mass is 10.1. The Bertz CT molecular complexity index is 788. The Labute approximate surface area is 176 Å². The maximum atomic E-state index is 5.97. The summed E-state index contributed by atoms with van der Waals surface area (Å²) in [6.45, 7) is 4.42. The number of hydrogen-bond acceptors (Lipinski definition) is 4. The van der Waals surface area contributed by atoms with E-state index < -0.39 is 0 Å². The second-order valence-electron chi connectivity index (χ2n) is 6.32. The van der Waals surface area contributed by atoms with Crippen molar-refractivity contribution in [1.82, 2.24) is 10.6 Å². The van der Waals surface area contributed by atoms with Gasteiger partial charge in [-0.2, -0.15) is 0 Å². The molecule has 27 heavy (non-hydrogen) atoms. The number of para-hydroxylation sites is 1. The first-order valence-corrected chi connectivity index (χ1v) is 8.97. The molecule has 0 aromatic heterocycles. The number of aliphatic imine (C=N–C) groups is 1. The topological polar surface area (TPSA) is 64.1 Å². The van der Waals surface area contributed by atoms with Gasteiger partial charge in [0, 0.05) is 13.0 Å². The molecule has 2 aromatic carbocycles. The Morgan fingerprint density at radius 3 is 2.78 bits per heavy atom. The second kappa shape index (κ2) is 9.16. The summed E-state index contributed by atoms with van der Waals surface area (Å²) >= 11 is 0. The molecule has 0 radical (unpaired) electrons. The van der Waals surface area contributed by atoms with Crippen molar-refractivity contribution in [2.75, 3.05) is 19.9 Å². The first-order chi connectivity index (χ1) is 12.8. The van der Waals surface area contributed by atoms with Crippen molar-refractivity contribution in [3.63, 3.8) is 0 Å². The molecule has 0 saturated carbocycles. The zero-order chi connectivity index (χ0) is 17.8. The number of guanidine groups is 1. The van der Waals surface area contributed by atoms with E-state index in [1.54, 1.807) is 0 Å². The van der Waals surface area contributed by atoms with Crippen LogP contribution in [0.1, 0.15) is 18.1 Å². The number of benzene rings is 2. The van der Waals surface area contributed by atoms with E-state index in [4.69, 9.17) is 14.2 Å². The highest BCUT2D eigenvalue weighted by atomic mass is 127. The third-order valence-corrected chi connectivity index (χ3v) is 4.41. The van der Waals surface area contributed by atoms with Crippen LogP contribution in [0.15, 0.2) is 47.5 Å². The summed E-state index contributed by atoms with van der Waals surface area (Å²) < 4.78 is 16.7. The Balaban J connectivity index is 0.00000210. The van der Waals surface area contributed by atoms with E-state index in [1.165, 1.54) is 5.56 Å². The van der Waals surface area contributed by atoms with Crippen LogP contribution in [-0.2, 0) is 13.0 Å². The molecular formula is C20H24IN3O3. The number of rotatable bonds is 5. The predicted octanol–water partition coefficient (Wildman–Crippen LogP) is 3.09. The van der Waals surface area contributed by atoms with Crippen molar-refractivity contribution in [3.8, 4) is 17.2 Å². The molecule has 0 fully saturated rings. The van der Waals surface area contributed by atoms with Gasteiger partial charge in [-0.3, -0.25) is 0 Å². The number of fused-ring (bicyclic) bond motifs is 2. The molecule has 6 nitrogen and oxygen atoms in total. The van der Waals surface area contributed by atoms with Crippen molar-refractivity contribution in [2.45, 2.75) is 26.0 Å². The van der Waals surface area contributed by atoms with Gasteiger partial charge in [0.05, 0.1) is 13.1 Å². The van der Waals surface area contributed by atoms with E-state index in [-0.39, 0.29) is 36.9 Å². The molecule has 0 amide bonds. The van der Waals surface area contributed by atoms with Crippen LogP contribution in [0.2, 0.25) is 0 Å². The maximum absolute atomic E-state index is 5.97. The van der Waals surface area contributed by atoms with Crippen LogP contribution in [0.5, 0.6) is 17.2 Å². The summed E-state index contributed by atoms with van der Waals surface area (Å²) in [7, 11) is 0. The van der Waals surface area contributed by atoms with Crippen LogP contribution in [0.3, 0.4) is 0 Å². The lowest BCUT2D eigenvalue weighted by Gasteiger charge is -2.15. The standard InChI is InChI=1S/C20H23N3O3.HI/c1-2-21-20(22-11-14-7-8-18-19(9-14)25-13-24-18)23-12-16-10-15-5-3-4-6-17(15)26-16;/h3-9,16H,2,10-13H2,1H3,(H2,21,22,23);1H. The molecule has 0 spiro atoms. The van der Waals surface area contributed by atoms with Gasteiger partial charge in [0.2, 0.25) is 6.79 Å². The van der Waals surface area contributed by atoms with E-state index in [1.807, 2.05) is 30.3 Å². The molecule has 0 saturated heterocycles. The van der Waals surface area contributed by atoms with Crippen LogP contribution in [0.4, 0.5) is 0 Å². The van der Waals surface area contributed by atoms with Crippen LogP contribution in [0.25, 0.3) is 0 Å². The normalized spacial score (nSPS) is 16.9. The molecule has 0 aliphatic carbocycles. The number of nitrogens with zero attached hydrogens (tertiary/aromatic N) is 1. The third kappa shape index (κ3) is 4.77. The van der Waals surface area contributed by atoms with Gasteiger partial charge in [0.1, 0.15) is 11.9 Å². The van der Waals surface area contributed by atoms with Gasteiger partial charge in [-0.15, -0.1) is 24.0 Å². The molecule has 144 valence electrons. The van der Waals surface area contributed by atoms with E-state index in [0.29, 0.717) is 13.1 Å². The third-order valence-electron chi connectivity index (χ3n) is 4.41. The molecular weight excluding hydrogens is 457 g/mol. The molecule has 0 bridgehead atoms. The number of halogens is 1. The summed E-state index contributed by atoms with van der Waals surface area (Å²) in [5.74, 6) is 3.35. The van der Waals surface area contributed by atoms with Crippen molar-refractivity contribution in [1.29, 1.82) is 0 Å². The second-order valence-corrected chi connectivity index (χ2v) is 6.32. The van der Waals surface area contributed by atoms with Crippen molar-refractivity contribution in [2.24, 2.45) is 4.99 Å². The Morgan fingerprint density at radius 2 is 1.93 bits per heavy atom. The van der Waals surface area contributed by atoms with E-state index in [0.717, 1.165) is 41.7 Å². The SMILES string of the molecule is CCNC(=NCc1ccc2c(c1)OCO2)NCC1Cc2ccccc2O1.I. The highest BCUT2D eigenvalue weighted by Crippen LogP contribution is 2.32. The van der Waals surface area contributed by atoms with Crippen LogP contribution >= 0.6 is 24.0 Å². The van der Waals surface area contributed by atoms with Gasteiger partial charge in [0.25, 0.3) is 0 Å². The lowest BCUT2D eigenvalue weighted by Crippen LogP contribution is -2.42. The Kier molecular flexibility index (Phi) is 6.65. The zero-order valence-corrected chi connectivity index (χ0v) is 17.6. The lowest BCUT2D eigenvalue weighted by molar-refractivity contribution is 0.174. The van der Waals surface area contributed by atoms with Gasteiger partial charge in [0.15, 0.2) is 17.5 Å². The minimum absolute atomic E-state index is 0. The average Bonchev–Trinajstić information content (AvgIpc) is 3.29. The number of hydrogen-bond donors (Lipinski definition) is 2. The van der Waals surface area contributed by atoms with Gasteiger partial charge in [-0.05, 0) is 36.2 Å². The molecule has 1 unspecified atom stereocenters. The first-order valence-electron chi connectivity index (χ1n) is 8.97. The summed E-state index contributed by atoms with van der Waals surface area (Å²) in [4.78, 5) is 4.66. The highest BCUT2D eigenvalue weighted by molar-refractivity contribution is 14.0. The minimum atomic E-state index is 0. The van der Waals surface area contributed by atoms with Crippen LogP contribution < -0.4 is 24.8 Å². The monoisotopic (exact) mass is 481 g/mol. The molecule has 2 heterocycles. The summed E-state index contributed by atoms with van der Waals surface area (Å²) in [6.07, 6.45) is 1.05. The highest BCUT2D eigenvalue weighted by Gasteiger charge is 2.22. The Hall–Kier alpha value is -2.16. The quantitative estimate of drug-likeness (QED) is 0.391. The average molecular weight is 481 g/mol. The zero-order valence-electron chi connectivity index (χ0n) is 15.2. The van der Waals surface area contributed by atoms with Crippen molar-refractivity contribution < 1.29 is 14.2 Å². The van der Waals surface area contributed by atoms with Gasteiger partial charge in [-0.25, -0.2) is 4.99 Å². The molecule has 7 heteroatoms. The van der Waals surface area contributed by atoms with Crippen molar-refractivity contribution >= 4 is 29.9 Å². The van der Waals surface area contributed by atoms with Crippen LogP contribution in [0, 0.1) is 0 Å². The number of nitrogens with one attached hydrogen (secondary N) is 2. The smallest absolute Gasteiger partial charge is 0.231 e. The molecule has 2 aliphatic rings. The fourth-order valence-corrected chi connectivity index (χ4v) is 3.13. The van der Waals surface area contributed by atoms with E-state index in [9.17, 15) is 0 Å². The molecule has 2 N–H and O–H groups in total. The maximum Gasteiger partial charge on any atom is 0.231 e. The minimum Gasteiger partial charge on any atom is -0.488 e. The Morgan fingerprint density at radius 1 is 1.07 bits per heavy atom. The molecule has 4 rings (SSSR count). The molecule has 2 aromatic rings. The van der Waals surface area contributed by atoms with E-state index >= 15 is 0 Å². The van der Waals surface area contributed by atoms with Gasteiger partial charge < -0.3 is 24.8 Å². The van der Waals surface area contributed by atoms with Crippen LogP contribution in [-0.4, -0.2) is 31.9 Å². The predicted molar refractivity (Wildman–Crippen MR) is 115 cm³/mol. The largest absolute Gasteiger partial charge is 0.488 e. The number of ether oxygens (including phenoxy) is 3. The molecule has 2 aliphatic heterocycles. The summed E-state index contributed by atoms with van der Waals surface area (Å²) in [5.41, 5.74) is 2.34. The summed E-state index contributed by atoms with van der Waals surface area (Å²) in [6, 6.07) is 14.1. The van der Waals surface area contributed by atoms with Gasteiger partial charge in [-0.1, -0.05) is 24.3 Å². The first kappa shape index (κ1) is 19.6. The fourth-order valence-electron chi connectivity index (χ4n) is 3.13. The van der Waals surface area contributed by atoms with Crippen molar-refractivity contribution in [3.05, 3.63) is 53.6 Å². The van der Waals surface area contributed by atoms with Gasteiger partial charge >= 0.3 is 0 Å². The fraction of sp³-hybridized carbons (Fsp3) is 0.350.